The monoisotopic (exact) mass is 723 g/mol. The topological polar surface area (TPSA) is 37.6 Å². The molecular formula is C23H21Cl8FeN3Ti. The number of halogens is 8. The minimum absolute atomic E-state index is 0.194. The van der Waals surface area contributed by atoms with Gasteiger partial charge in [0.1, 0.15) is 0 Å². The Morgan fingerprint density at radius 3 is 1.31 bits per heavy atom. The number of hydrogen-bond acceptors (Lipinski definition) is 3. The molecule has 0 atom stereocenters. The summed E-state index contributed by atoms with van der Waals surface area (Å²) in [5.74, 6) is 0. The molecule has 0 amide bonds. The SMILES string of the molecule is CC(=Nc1c(C)cccc1Cl)c1cccc(C(C)=Nc2c(C)cccc2Cl)n1.[Cl][Fe][Cl].[Cl][Ti]([Cl])([Cl])[Cl]. The molecule has 0 bridgehead atoms. The van der Waals surface area contributed by atoms with Crippen molar-refractivity contribution in [3.8, 4) is 0 Å². The average molecular weight is 727 g/mol. The zero-order valence-electron chi connectivity index (χ0n) is 19.4. The molecule has 0 aliphatic carbocycles. The summed E-state index contributed by atoms with van der Waals surface area (Å²) in [6, 6.07) is 17.3. The van der Waals surface area contributed by atoms with Gasteiger partial charge in [0.2, 0.25) is 0 Å². The second-order valence-electron chi connectivity index (χ2n) is 7.09. The minimum atomic E-state index is -3.11. The molecule has 0 spiro atoms. The Bertz CT molecular complexity index is 1090. The van der Waals surface area contributed by atoms with Crippen LogP contribution in [0.15, 0.2) is 64.6 Å². The predicted molar refractivity (Wildman–Crippen MR) is 155 cm³/mol. The number of pyridine rings is 1. The molecule has 0 aliphatic heterocycles. The summed E-state index contributed by atoms with van der Waals surface area (Å²) in [6.07, 6.45) is 0. The van der Waals surface area contributed by atoms with Crippen molar-refractivity contribution in [1.29, 1.82) is 0 Å². The number of aryl methyl sites for hydroxylation is 2. The third-order valence-electron chi connectivity index (χ3n) is 4.43. The van der Waals surface area contributed by atoms with E-state index in [0.717, 1.165) is 45.3 Å². The molecule has 1 heterocycles. The molecule has 0 saturated carbocycles. The Morgan fingerprint density at radius 2 is 1.00 bits per heavy atom. The number of aliphatic imine (C=N–C) groups is 2. The van der Waals surface area contributed by atoms with Crippen LogP contribution >= 0.6 is 80.6 Å². The van der Waals surface area contributed by atoms with Gasteiger partial charge in [0, 0.05) is 0 Å². The first-order chi connectivity index (χ1) is 16.8. The second-order valence-corrected chi connectivity index (χ2v) is 25.2. The van der Waals surface area contributed by atoms with E-state index in [2.05, 4.69) is 0 Å². The Morgan fingerprint density at radius 1 is 0.694 bits per heavy atom. The number of hydrogen-bond donors (Lipinski definition) is 0. The van der Waals surface area contributed by atoms with Gasteiger partial charge in [-0.15, -0.1) is 0 Å². The van der Waals surface area contributed by atoms with Crippen LogP contribution < -0.4 is 0 Å². The molecule has 2 aromatic carbocycles. The fraction of sp³-hybridized carbons (Fsp3) is 0.174. The number of rotatable bonds is 4. The first kappa shape index (κ1) is 34.5. The summed E-state index contributed by atoms with van der Waals surface area (Å²) < 4.78 is 0. The van der Waals surface area contributed by atoms with Crippen LogP contribution in [0.3, 0.4) is 0 Å². The van der Waals surface area contributed by atoms with Crippen molar-refractivity contribution >= 4 is 103 Å². The van der Waals surface area contributed by atoms with Crippen molar-refractivity contribution < 1.29 is 25.5 Å². The van der Waals surface area contributed by atoms with Gasteiger partial charge in [-0.05, 0) is 63.1 Å². The van der Waals surface area contributed by atoms with Gasteiger partial charge in [-0.25, -0.2) is 15.0 Å². The van der Waals surface area contributed by atoms with E-state index in [1.54, 1.807) is 0 Å². The summed E-state index contributed by atoms with van der Waals surface area (Å²) in [5, 5.41) is 1.25. The number of nitrogens with zero attached hydrogens (tertiary/aromatic N) is 3. The fourth-order valence-electron chi connectivity index (χ4n) is 2.82. The van der Waals surface area contributed by atoms with Crippen LogP contribution in [0, 0.1) is 13.8 Å². The van der Waals surface area contributed by atoms with Crippen LogP contribution in [0.25, 0.3) is 0 Å². The summed E-state index contributed by atoms with van der Waals surface area (Å²) in [7, 11) is 29.6. The van der Waals surface area contributed by atoms with E-state index >= 15 is 0 Å². The quantitative estimate of drug-likeness (QED) is 0.195. The number of para-hydroxylation sites is 2. The van der Waals surface area contributed by atoms with Crippen LogP contribution in [-0.4, -0.2) is 16.4 Å². The van der Waals surface area contributed by atoms with E-state index in [1.165, 1.54) is 0 Å². The molecule has 0 radical (unpaired) electrons. The second kappa shape index (κ2) is 17.2. The third-order valence-corrected chi connectivity index (χ3v) is 5.04. The molecule has 0 aliphatic rings. The van der Waals surface area contributed by atoms with Crippen molar-refractivity contribution in [2.45, 2.75) is 27.7 Å². The Hall–Kier alpha value is 0.484. The fourth-order valence-corrected chi connectivity index (χ4v) is 3.35. The van der Waals surface area contributed by atoms with Crippen molar-refractivity contribution in [3.05, 3.63) is 87.2 Å². The first-order valence-electron chi connectivity index (χ1n) is 9.97. The van der Waals surface area contributed by atoms with Gasteiger partial charge in [-0.1, -0.05) is 53.5 Å². The molecule has 3 rings (SSSR count). The van der Waals surface area contributed by atoms with Crippen molar-refractivity contribution in [2.24, 2.45) is 9.98 Å². The van der Waals surface area contributed by atoms with Crippen molar-refractivity contribution in [3.63, 3.8) is 0 Å². The van der Waals surface area contributed by atoms with E-state index in [0.29, 0.717) is 10.0 Å². The zero-order chi connectivity index (χ0) is 27.5. The molecule has 0 fully saturated rings. The molecule has 0 N–H and O–H groups in total. The van der Waals surface area contributed by atoms with Crippen molar-refractivity contribution in [1.82, 2.24) is 4.98 Å². The summed E-state index contributed by atoms with van der Waals surface area (Å²) in [4.78, 5) is 14.1. The number of benzene rings is 2. The van der Waals surface area contributed by atoms with Crippen LogP contribution in [-0.2, 0) is 25.5 Å². The van der Waals surface area contributed by atoms with Crippen LogP contribution in [0.1, 0.15) is 36.4 Å². The average Bonchev–Trinajstić information content (AvgIpc) is 2.78. The normalized spacial score (nSPS) is 11.9. The van der Waals surface area contributed by atoms with Gasteiger partial charge in [-0.3, -0.25) is 0 Å². The van der Waals surface area contributed by atoms with E-state index in [-0.39, 0.29) is 13.1 Å². The van der Waals surface area contributed by atoms with Crippen LogP contribution in [0.2, 0.25) is 10.0 Å². The molecule has 13 heteroatoms. The summed E-state index contributed by atoms with van der Waals surface area (Å²) >= 11 is 9.69. The van der Waals surface area contributed by atoms with Gasteiger partial charge in [-0.2, -0.15) is 0 Å². The van der Waals surface area contributed by atoms with E-state index in [9.17, 15) is 0 Å². The molecular weight excluding hydrogens is 706 g/mol. The Labute approximate surface area is 256 Å². The van der Waals surface area contributed by atoms with Gasteiger partial charge >= 0.3 is 82.9 Å². The Balaban J connectivity index is 0.000000709. The maximum atomic E-state index is 6.30. The molecule has 3 aromatic rings. The van der Waals surface area contributed by atoms with Crippen LogP contribution in [0.5, 0.6) is 0 Å². The Kier molecular flexibility index (Phi) is 16.5. The van der Waals surface area contributed by atoms with Crippen molar-refractivity contribution in [2.75, 3.05) is 0 Å². The maximum absolute atomic E-state index is 6.30. The van der Waals surface area contributed by atoms with Crippen LogP contribution in [0.4, 0.5) is 11.4 Å². The standard InChI is InChI=1S/C23H21Cl2N3.6ClH.Fe.Ti/c1-14-8-5-10-18(24)22(14)26-16(3)20-12-7-13-21(28-20)17(4)27-23-15(2)9-6-11-19(23)25;;;;;;;;/h5-13H,1-4H3;6*1H;;/q;;;;;;;+2;+4/p-6. The first-order valence-corrected chi connectivity index (χ1v) is 22.4. The molecule has 36 heavy (non-hydrogen) atoms. The third kappa shape index (κ3) is 13.0. The van der Waals surface area contributed by atoms with Gasteiger partial charge in [0.25, 0.3) is 0 Å². The van der Waals surface area contributed by atoms with Gasteiger partial charge < -0.3 is 0 Å². The van der Waals surface area contributed by atoms with E-state index in [1.807, 2.05) is 82.3 Å². The molecule has 1 aromatic heterocycles. The summed E-state index contributed by atoms with van der Waals surface area (Å²) in [5.41, 5.74) is 6.73. The van der Waals surface area contributed by atoms with Gasteiger partial charge in [0.05, 0.1) is 44.2 Å². The molecule has 196 valence electrons. The summed E-state index contributed by atoms with van der Waals surface area (Å²) in [6.45, 7) is 7.84. The number of aromatic nitrogens is 1. The molecule has 0 unspecified atom stereocenters. The zero-order valence-corrected chi connectivity index (χ0v) is 28.1. The predicted octanol–water partition coefficient (Wildman–Crippen LogP) is 11.4. The van der Waals surface area contributed by atoms with Gasteiger partial charge in [0.15, 0.2) is 0 Å². The molecule has 0 saturated heterocycles. The van der Waals surface area contributed by atoms with E-state index < -0.39 is 12.3 Å². The molecule has 3 nitrogen and oxygen atoms in total. The van der Waals surface area contributed by atoms with E-state index in [4.69, 9.17) is 95.6 Å².